The molecule has 4 heteroatoms. The summed E-state index contributed by atoms with van der Waals surface area (Å²) in [6.45, 7) is 3.07. The summed E-state index contributed by atoms with van der Waals surface area (Å²) in [4.78, 5) is 17.0. The quantitative estimate of drug-likeness (QED) is 0.491. The first-order chi connectivity index (χ1) is 8.33. The minimum atomic E-state index is 0. The van der Waals surface area contributed by atoms with Gasteiger partial charge in [0.15, 0.2) is 0 Å². The fraction of sp³-hybridized carbons (Fsp3) is 0.571. The molecule has 102 valence electrons. The van der Waals surface area contributed by atoms with Crippen LogP contribution in [-0.2, 0) is 11.2 Å². The second-order valence-electron chi connectivity index (χ2n) is 4.15. The summed E-state index contributed by atoms with van der Waals surface area (Å²) in [5.41, 5.74) is 0. The van der Waals surface area contributed by atoms with Crippen molar-refractivity contribution in [2.45, 2.75) is 45.4 Å². The van der Waals surface area contributed by atoms with E-state index in [1.54, 1.807) is 17.6 Å². The highest BCUT2D eigenvalue weighted by atomic mass is 35.5. The number of hydrogen-bond donors (Lipinski definition) is 0. The first kappa shape index (κ1) is 17.3. The number of hydrogen-bond acceptors (Lipinski definition) is 3. The van der Waals surface area contributed by atoms with E-state index in [4.69, 9.17) is 0 Å². The van der Waals surface area contributed by atoms with Gasteiger partial charge in [-0.3, -0.25) is 9.79 Å². The van der Waals surface area contributed by atoms with Crippen molar-refractivity contribution in [2.24, 2.45) is 4.99 Å². The molecular weight excluding hydrogens is 266 g/mol. The van der Waals surface area contributed by atoms with E-state index in [1.165, 1.54) is 19.3 Å². The number of ketones is 1. The van der Waals surface area contributed by atoms with Crippen molar-refractivity contribution in [3.05, 3.63) is 22.4 Å². The summed E-state index contributed by atoms with van der Waals surface area (Å²) in [7, 11) is 0. The Morgan fingerprint density at radius 1 is 1.39 bits per heavy atom. The van der Waals surface area contributed by atoms with Crippen LogP contribution in [0.25, 0.3) is 0 Å². The van der Waals surface area contributed by atoms with E-state index in [0.29, 0.717) is 12.8 Å². The Hall–Kier alpha value is -0.670. The Labute approximate surface area is 120 Å². The Morgan fingerprint density at radius 3 is 2.89 bits per heavy atom. The third-order valence-corrected chi connectivity index (χ3v) is 3.42. The Balaban J connectivity index is 0.00000289. The lowest BCUT2D eigenvalue weighted by Crippen LogP contribution is -2.01. The molecule has 0 saturated carbocycles. The maximum Gasteiger partial charge on any atom is 0.143 e. The molecule has 1 heterocycles. The van der Waals surface area contributed by atoms with Gasteiger partial charge in [0.05, 0.1) is 0 Å². The maximum absolute atomic E-state index is 11.6. The van der Waals surface area contributed by atoms with E-state index in [2.05, 4.69) is 11.9 Å². The lowest BCUT2D eigenvalue weighted by Gasteiger charge is -1.95. The van der Waals surface area contributed by atoms with Crippen LogP contribution in [0, 0.1) is 0 Å². The van der Waals surface area contributed by atoms with Crippen LogP contribution in [0.1, 0.15) is 43.9 Å². The molecule has 0 bridgehead atoms. The molecule has 1 rings (SSSR count). The predicted molar refractivity (Wildman–Crippen MR) is 82.4 cm³/mol. The minimum absolute atomic E-state index is 0. The van der Waals surface area contributed by atoms with Gasteiger partial charge in [-0.25, -0.2) is 0 Å². The van der Waals surface area contributed by atoms with Gasteiger partial charge < -0.3 is 0 Å². The third-order valence-electron chi connectivity index (χ3n) is 2.54. The first-order valence-corrected chi connectivity index (χ1v) is 7.23. The van der Waals surface area contributed by atoms with Gasteiger partial charge in [-0.15, -0.1) is 23.7 Å². The number of Topliss-reactive ketones (excluding diaryl/α,β-unsaturated/α-hetero) is 1. The highest BCUT2D eigenvalue weighted by Crippen LogP contribution is 2.09. The first-order valence-electron chi connectivity index (χ1n) is 6.35. The molecule has 0 atom stereocenters. The number of nitrogens with zero attached hydrogens (tertiary/aromatic N) is 1. The van der Waals surface area contributed by atoms with Gasteiger partial charge in [0.25, 0.3) is 0 Å². The number of rotatable bonds is 9. The number of halogens is 1. The Kier molecular flexibility index (Phi) is 11.0. The number of unbranched alkanes of at least 4 members (excludes halogenated alkanes) is 3. The molecule has 1 aromatic heterocycles. The zero-order valence-electron chi connectivity index (χ0n) is 10.9. The van der Waals surface area contributed by atoms with Crippen molar-refractivity contribution < 1.29 is 4.79 Å². The van der Waals surface area contributed by atoms with Crippen LogP contribution in [-0.4, -0.2) is 18.5 Å². The van der Waals surface area contributed by atoms with E-state index < -0.39 is 0 Å². The normalized spacial score (nSPS) is 10.5. The van der Waals surface area contributed by atoms with E-state index >= 15 is 0 Å². The molecule has 0 amide bonds. The summed E-state index contributed by atoms with van der Waals surface area (Å²) in [6, 6.07) is 3.99. The lowest BCUT2D eigenvalue weighted by atomic mass is 10.2. The van der Waals surface area contributed by atoms with Gasteiger partial charge in [0, 0.05) is 30.5 Å². The summed E-state index contributed by atoms with van der Waals surface area (Å²) < 4.78 is 0. The van der Waals surface area contributed by atoms with Crippen molar-refractivity contribution in [1.29, 1.82) is 0 Å². The second-order valence-corrected chi connectivity index (χ2v) is 5.18. The third kappa shape index (κ3) is 8.43. The van der Waals surface area contributed by atoms with Gasteiger partial charge in [0.2, 0.25) is 0 Å². The molecule has 0 unspecified atom stereocenters. The molecular formula is C14H22ClNOS. The highest BCUT2D eigenvalue weighted by Gasteiger charge is 2.02. The molecule has 18 heavy (non-hydrogen) atoms. The van der Waals surface area contributed by atoms with Gasteiger partial charge in [0.1, 0.15) is 5.78 Å². The highest BCUT2D eigenvalue weighted by molar-refractivity contribution is 7.10. The maximum atomic E-state index is 11.6. The molecule has 0 aliphatic carbocycles. The largest absolute Gasteiger partial charge is 0.299 e. The molecule has 0 N–H and O–H groups in total. The average Bonchev–Trinajstić information content (AvgIpc) is 2.80. The molecule has 0 radical (unpaired) electrons. The molecule has 0 saturated heterocycles. The van der Waals surface area contributed by atoms with Crippen molar-refractivity contribution >= 4 is 35.7 Å². The fourth-order valence-electron chi connectivity index (χ4n) is 1.57. The molecule has 0 fully saturated rings. The molecule has 0 aliphatic rings. The number of thiophene rings is 1. The zero-order chi connectivity index (χ0) is 12.3. The summed E-state index contributed by atoms with van der Waals surface area (Å²) in [5.74, 6) is 0.254. The fourth-order valence-corrected chi connectivity index (χ4v) is 2.30. The topological polar surface area (TPSA) is 29.4 Å². The standard InChI is InChI=1S/C14H21NOS.ClH/c1-2-3-4-5-9-15-10-8-13(16)12-14-7-6-11-17-14;/h6-7,10-11H,2-5,8-9,12H2,1H3;1H. The van der Waals surface area contributed by atoms with Crippen LogP contribution < -0.4 is 0 Å². The average molecular weight is 288 g/mol. The number of aliphatic imine (C=N–C) groups is 1. The zero-order valence-corrected chi connectivity index (χ0v) is 12.6. The van der Waals surface area contributed by atoms with Crippen LogP contribution in [0.2, 0.25) is 0 Å². The molecule has 0 aromatic carbocycles. The monoisotopic (exact) mass is 287 g/mol. The molecule has 0 aliphatic heterocycles. The molecule has 0 spiro atoms. The van der Waals surface area contributed by atoms with E-state index in [1.807, 2.05) is 17.5 Å². The van der Waals surface area contributed by atoms with E-state index in [-0.39, 0.29) is 18.2 Å². The van der Waals surface area contributed by atoms with Crippen LogP contribution in [0.5, 0.6) is 0 Å². The van der Waals surface area contributed by atoms with E-state index in [0.717, 1.165) is 17.8 Å². The van der Waals surface area contributed by atoms with Gasteiger partial charge in [-0.05, 0) is 17.9 Å². The van der Waals surface area contributed by atoms with Gasteiger partial charge in [-0.2, -0.15) is 0 Å². The van der Waals surface area contributed by atoms with Crippen LogP contribution >= 0.6 is 23.7 Å². The summed E-state index contributed by atoms with van der Waals surface area (Å²) >= 11 is 1.64. The SMILES string of the molecule is CCCCCCN=CCC(=O)Cc1cccs1.Cl. The summed E-state index contributed by atoms with van der Waals surface area (Å²) in [6.07, 6.45) is 7.74. The van der Waals surface area contributed by atoms with Crippen LogP contribution in [0.4, 0.5) is 0 Å². The van der Waals surface area contributed by atoms with Gasteiger partial charge >= 0.3 is 0 Å². The Bertz CT molecular complexity index is 336. The second kappa shape index (κ2) is 11.4. The van der Waals surface area contributed by atoms with Gasteiger partial charge in [-0.1, -0.05) is 32.3 Å². The lowest BCUT2D eigenvalue weighted by molar-refractivity contribution is -0.117. The van der Waals surface area contributed by atoms with Crippen molar-refractivity contribution in [2.75, 3.05) is 6.54 Å². The number of carbonyl (C=O) groups excluding carboxylic acids is 1. The molecule has 2 nitrogen and oxygen atoms in total. The minimum Gasteiger partial charge on any atom is -0.299 e. The number of carbonyl (C=O) groups is 1. The Morgan fingerprint density at radius 2 is 2.22 bits per heavy atom. The van der Waals surface area contributed by atoms with E-state index in [9.17, 15) is 4.79 Å². The smallest absolute Gasteiger partial charge is 0.143 e. The summed E-state index contributed by atoms with van der Waals surface area (Å²) in [5, 5.41) is 2.00. The van der Waals surface area contributed by atoms with Crippen LogP contribution in [0.15, 0.2) is 22.5 Å². The predicted octanol–water partition coefficient (Wildman–Crippen LogP) is 4.32. The van der Waals surface area contributed by atoms with Crippen LogP contribution in [0.3, 0.4) is 0 Å². The van der Waals surface area contributed by atoms with Crippen molar-refractivity contribution in [3.63, 3.8) is 0 Å². The molecule has 1 aromatic rings. The van der Waals surface area contributed by atoms with Crippen molar-refractivity contribution in [1.82, 2.24) is 0 Å². The van der Waals surface area contributed by atoms with Crippen molar-refractivity contribution in [3.8, 4) is 0 Å².